The van der Waals surface area contributed by atoms with Crippen LogP contribution in [-0.4, -0.2) is 0 Å². The van der Waals surface area contributed by atoms with Gasteiger partial charge in [0.2, 0.25) is 0 Å². The summed E-state index contributed by atoms with van der Waals surface area (Å²) in [5, 5.41) is 0. The van der Waals surface area contributed by atoms with Crippen LogP contribution in [0, 0.1) is 32.2 Å². The zero-order chi connectivity index (χ0) is 12.4. The fraction of sp³-hybridized carbons (Fsp3) is 0.188. The van der Waals surface area contributed by atoms with Gasteiger partial charge in [0.25, 0.3) is 0 Å². The average molecular weight is 594 g/mol. The van der Waals surface area contributed by atoms with Crippen molar-refractivity contribution in [3.05, 3.63) is 79.4 Å². The molecule has 110 valence electrons. The quantitative estimate of drug-likeness (QED) is 0.354. The SMILES string of the molecule is C.[CH-]=CC=[CH-].[CH2-]C=Cc1[c-]c(C(C)[NH-])[c-]cc1.[V].[V].[Y+3].[Y].[Y]. The van der Waals surface area contributed by atoms with Gasteiger partial charge in [-0.3, -0.25) is 23.3 Å². The van der Waals surface area contributed by atoms with Crippen LogP contribution in [0.15, 0.2) is 30.4 Å². The van der Waals surface area contributed by atoms with E-state index in [4.69, 9.17) is 18.9 Å². The summed E-state index contributed by atoms with van der Waals surface area (Å²) in [5.41, 5.74) is 9.20. The zero-order valence-corrected chi connectivity index (χ0v) is 23.3. The van der Waals surface area contributed by atoms with Gasteiger partial charge < -0.3 is 31.0 Å². The summed E-state index contributed by atoms with van der Waals surface area (Å²) >= 11 is 0. The minimum Gasteiger partial charge on any atom is -0.674 e. The van der Waals surface area contributed by atoms with Crippen LogP contribution < -0.4 is 0 Å². The van der Waals surface area contributed by atoms with Gasteiger partial charge in [0.1, 0.15) is 0 Å². The van der Waals surface area contributed by atoms with Crippen molar-refractivity contribution in [2.75, 3.05) is 0 Å². The van der Waals surface area contributed by atoms with Crippen molar-refractivity contribution >= 4 is 6.08 Å². The molecule has 0 aromatic heterocycles. The van der Waals surface area contributed by atoms with Crippen LogP contribution in [0.3, 0.4) is 0 Å². The molecule has 0 aliphatic rings. The van der Waals surface area contributed by atoms with Gasteiger partial charge in [-0.15, -0.1) is 0 Å². The molecule has 0 aliphatic heterocycles. The molecule has 0 saturated heterocycles. The normalized spacial score (nSPS) is 8.27. The molecule has 1 atom stereocenters. The predicted octanol–water partition coefficient (Wildman–Crippen LogP) is 4.84. The molecule has 1 aromatic carbocycles. The third kappa shape index (κ3) is 25.0. The Morgan fingerprint density at radius 3 is 2.00 bits per heavy atom. The van der Waals surface area contributed by atoms with Crippen LogP contribution >= 0.6 is 0 Å². The molecule has 1 unspecified atom stereocenters. The Bertz CT molecular complexity index is 364. The maximum Gasteiger partial charge on any atom is 3.00 e. The topological polar surface area (TPSA) is 23.8 Å². The summed E-state index contributed by atoms with van der Waals surface area (Å²) in [5.74, 6) is 0. The van der Waals surface area contributed by atoms with E-state index in [1.807, 2.05) is 18.2 Å². The first-order valence-electron chi connectivity index (χ1n) is 4.85. The summed E-state index contributed by atoms with van der Waals surface area (Å²) in [6, 6.07) is 9.49. The second kappa shape index (κ2) is 31.5. The van der Waals surface area contributed by atoms with Crippen LogP contribution in [-0.2, 0) is 135 Å². The molecule has 1 rings (SSSR count). The van der Waals surface area contributed by atoms with E-state index in [0.717, 1.165) is 11.1 Å². The molecule has 1 nitrogen and oxygen atoms in total. The van der Waals surface area contributed by atoms with E-state index in [1.54, 1.807) is 13.0 Å². The van der Waals surface area contributed by atoms with Gasteiger partial charge >= 0.3 is 32.7 Å². The molecule has 0 saturated carbocycles. The molecule has 1 N–H and O–H groups in total. The molecule has 0 heterocycles. The Labute approximate surface area is 237 Å². The first kappa shape index (κ1) is 44.3. The number of allylic oxidation sites excluding steroid dienone is 3. The van der Waals surface area contributed by atoms with E-state index in [9.17, 15) is 0 Å². The molecule has 0 aliphatic carbocycles. The molecule has 4 radical (unpaired) electrons. The van der Waals surface area contributed by atoms with Crippen molar-refractivity contribution in [2.45, 2.75) is 20.4 Å². The Kier molecular flexibility index (Phi) is 63.5. The molecular weight excluding hydrogens is 575 g/mol. The van der Waals surface area contributed by atoms with E-state index in [1.165, 1.54) is 12.2 Å². The first-order chi connectivity index (χ1) is 7.65. The van der Waals surface area contributed by atoms with E-state index < -0.39 is 0 Å². The van der Waals surface area contributed by atoms with Crippen molar-refractivity contribution in [3.8, 4) is 0 Å². The smallest absolute Gasteiger partial charge is 0.674 e. The maximum absolute atomic E-state index is 7.45. The zero-order valence-electron chi connectivity index (χ0n) is 12.0. The molecular formula is C16H19NV2Y3-3. The molecule has 22 heavy (non-hydrogen) atoms. The first-order valence-corrected chi connectivity index (χ1v) is 4.85. The summed E-state index contributed by atoms with van der Waals surface area (Å²) in [7, 11) is 0. The number of rotatable bonds is 3. The molecule has 1 aromatic rings. The Hall–Kier alpha value is 2.75. The minimum absolute atomic E-state index is 0. The molecule has 0 amide bonds. The van der Waals surface area contributed by atoms with Gasteiger partial charge in [-0.2, -0.15) is 6.04 Å². The molecule has 0 spiro atoms. The van der Waals surface area contributed by atoms with Gasteiger partial charge in [-0.1, -0.05) is 14.4 Å². The average Bonchev–Trinajstić information content (AvgIpc) is 2.30. The third-order valence-corrected chi connectivity index (χ3v) is 1.62. The molecule has 0 bridgehead atoms. The second-order valence-corrected chi connectivity index (χ2v) is 2.98. The summed E-state index contributed by atoms with van der Waals surface area (Å²) in [6.07, 6.45) is 6.13. The van der Waals surface area contributed by atoms with Gasteiger partial charge in [0, 0.05) is 103 Å². The van der Waals surface area contributed by atoms with E-state index in [0.29, 0.717) is 0 Å². The standard InChI is InChI=1S/C11H11N.C4H4.CH4.2V.3Y/c1-3-5-10-6-4-7-11(8-10)9(2)12;1-3-4-2;;;;;;/h3-6,9,12H,1H2,2H3;1-4H;1H4;;;;;/q-4;-2;;;;;;+3. The Morgan fingerprint density at radius 2 is 1.68 bits per heavy atom. The van der Waals surface area contributed by atoms with Crippen molar-refractivity contribution in [2.24, 2.45) is 0 Å². The van der Waals surface area contributed by atoms with Crippen LogP contribution in [0.2, 0.25) is 0 Å². The van der Waals surface area contributed by atoms with E-state index >= 15 is 0 Å². The van der Waals surface area contributed by atoms with Gasteiger partial charge in [-0.25, -0.2) is 31.2 Å². The monoisotopic (exact) mass is 594 g/mol. The van der Waals surface area contributed by atoms with E-state index in [2.05, 4.69) is 19.1 Å². The van der Waals surface area contributed by atoms with Crippen LogP contribution in [0.5, 0.6) is 0 Å². The number of nitrogens with one attached hydrogen (secondary N) is 1. The van der Waals surface area contributed by atoms with Crippen molar-refractivity contribution in [3.63, 3.8) is 0 Å². The Balaban J connectivity index is -0.0000000410. The maximum atomic E-state index is 7.45. The predicted molar refractivity (Wildman–Crippen MR) is 75.7 cm³/mol. The molecule has 0 fully saturated rings. The van der Waals surface area contributed by atoms with Crippen LogP contribution in [0.25, 0.3) is 11.8 Å². The summed E-state index contributed by atoms with van der Waals surface area (Å²) in [4.78, 5) is 0. The summed E-state index contributed by atoms with van der Waals surface area (Å²) in [6.45, 7) is 14.8. The largest absolute Gasteiger partial charge is 3.00 e. The van der Waals surface area contributed by atoms with Crippen LogP contribution in [0.1, 0.15) is 31.5 Å². The van der Waals surface area contributed by atoms with Crippen molar-refractivity contribution in [1.82, 2.24) is 0 Å². The van der Waals surface area contributed by atoms with Crippen molar-refractivity contribution in [1.29, 1.82) is 0 Å². The molecule has 6 heteroatoms. The second-order valence-electron chi connectivity index (χ2n) is 2.98. The minimum atomic E-state index is -0.261. The number of benzene rings is 1. The summed E-state index contributed by atoms with van der Waals surface area (Å²) < 4.78 is 0. The van der Waals surface area contributed by atoms with Gasteiger partial charge in [0.05, 0.1) is 0 Å². The van der Waals surface area contributed by atoms with Crippen LogP contribution in [0.4, 0.5) is 0 Å². The van der Waals surface area contributed by atoms with E-state index in [-0.39, 0.29) is 149 Å². The number of hydrogen-bond donors (Lipinski definition) is 0. The van der Waals surface area contributed by atoms with Gasteiger partial charge in [-0.05, 0) is 0 Å². The Morgan fingerprint density at radius 1 is 1.23 bits per heavy atom. The fourth-order valence-corrected chi connectivity index (χ4v) is 0.912. The fourth-order valence-electron chi connectivity index (χ4n) is 0.912. The third-order valence-electron chi connectivity index (χ3n) is 1.62. The van der Waals surface area contributed by atoms with Gasteiger partial charge in [0.15, 0.2) is 0 Å². The number of hydrogen-bond acceptors (Lipinski definition) is 0. The van der Waals surface area contributed by atoms with Crippen molar-refractivity contribution < 1.29 is 135 Å².